The van der Waals surface area contributed by atoms with Crippen LogP contribution in [0.5, 0.6) is 0 Å². The Morgan fingerprint density at radius 3 is 2.34 bits per heavy atom. The summed E-state index contributed by atoms with van der Waals surface area (Å²) in [5, 5.41) is 3.23. The average molecular weight is 613 g/mol. The third kappa shape index (κ3) is 7.95. The first-order chi connectivity index (χ1) is 19.2. The van der Waals surface area contributed by atoms with Crippen molar-refractivity contribution in [2.45, 2.75) is 51.9 Å². The normalized spacial score (nSPS) is 22.3. The third-order valence-electron chi connectivity index (χ3n) is 5.80. The quantitative estimate of drug-likeness (QED) is 0.179. The lowest BCUT2D eigenvalue weighted by molar-refractivity contribution is -0.165. The minimum absolute atomic E-state index is 0.285. The Morgan fingerprint density at radius 2 is 1.71 bits per heavy atom. The molecule has 0 aliphatic carbocycles. The Morgan fingerprint density at radius 1 is 1.05 bits per heavy atom. The van der Waals surface area contributed by atoms with Gasteiger partial charge in [0.1, 0.15) is 11.9 Å². The Balaban J connectivity index is 1.67. The van der Waals surface area contributed by atoms with Gasteiger partial charge in [-0.15, -0.1) is 0 Å². The van der Waals surface area contributed by atoms with E-state index in [-0.39, 0.29) is 5.65 Å². The van der Waals surface area contributed by atoms with Crippen LogP contribution in [-0.4, -0.2) is 77.0 Å². The van der Waals surface area contributed by atoms with Crippen molar-refractivity contribution in [2.24, 2.45) is 0 Å². The molecule has 0 bridgehead atoms. The second-order valence-electron chi connectivity index (χ2n) is 9.24. The highest BCUT2D eigenvalue weighted by Crippen LogP contribution is 2.55. The van der Waals surface area contributed by atoms with Crippen LogP contribution in [0.1, 0.15) is 31.5 Å². The zero-order valence-electron chi connectivity index (χ0n) is 22.2. The molecule has 1 fully saturated rings. The molecule has 0 radical (unpaired) electrons. The van der Waals surface area contributed by atoms with Gasteiger partial charge in [-0.2, -0.15) is 0 Å². The van der Waals surface area contributed by atoms with E-state index in [0.717, 1.165) is 19.4 Å². The Hall–Kier alpha value is -3.23. The zero-order valence-corrected chi connectivity index (χ0v) is 24.0. The highest BCUT2D eigenvalue weighted by molar-refractivity contribution is 7.70. The Bertz CT molecular complexity index is 1510. The summed E-state index contributed by atoms with van der Waals surface area (Å²) >= 11 is 0. The van der Waals surface area contributed by atoms with E-state index in [2.05, 4.69) is 20.3 Å². The SMILES string of the molecule is CC(=O)O[C@@H]1[C@H](OC(C)=O)[C@@H](COP(=O)(O)CP(=O)(O)O)O[C@H]1n1cnc2c(NCc3ccccc3)nc(C)nc21. The molecular formula is C23H29N5O11P2. The van der Waals surface area contributed by atoms with E-state index in [0.29, 0.717) is 23.7 Å². The van der Waals surface area contributed by atoms with E-state index in [9.17, 15) is 23.6 Å². The van der Waals surface area contributed by atoms with E-state index in [1.165, 1.54) is 10.9 Å². The molecule has 3 aromatic rings. The van der Waals surface area contributed by atoms with Crippen LogP contribution < -0.4 is 5.32 Å². The molecule has 1 aliphatic heterocycles. The van der Waals surface area contributed by atoms with Crippen molar-refractivity contribution in [1.29, 1.82) is 0 Å². The minimum atomic E-state index is -4.90. The molecule has 0 spiro atoms. The lowest BCUT2D eigenvalue weighted by Crippen LogP contribution is -2.40. The van der Waals surface area contributed by atoms with E-state index in [1.54, 1.807) is 6.92 Å². The van der Waals surface area contributed by atoms with Gasteiger partial charge < -0.3 is 38.7 Å². The molecule has 16 nitrogen and oxygen atoms in total. The number of rotatable bonds is 11. The van der Waals surface area contributed by atoms with Crippen LogP contribution in [0, 0.1) is 6.92 Å². The fraction of sp³-hybridized carbons (Fsp3) is 0.435. The summed E-state index contributed by atoms with van der Waals surface area (Å²) in [4.78, 5) is 65.4. The smallest absolute Gasteiger partial charge is 0.340 e. The van der Waals surface area contributed by atoms with Crippen molar-refractivity contribution in [3.8, 4) is 0 Å². The molecule has 3 heterocycles. The molecule has 2 aromatic heterocycles. The number of hydrogen-bond donors (Lipinski definition) is 4. The van der Waals surface area contributed by atoms with Crippen molar-refractivity contribution >= 4 is 44.1 Å². The predicted octanol–water partition coefficient (Wildman–Crippen LogP) is 1.84. The molecule has 18 heteroatoms. The van der Waals surface area contributed by atoms with Crippen LogP contribution in [0.4, 0.5) is 5.82 Å². The van der Waals surface area contributed by atoms with E-state index in [4.69, 9.17) is 28.5 Å². The van der Waals surface area contributed by atoms with Crippen LogP contribution in [0.3, 0.4) is 0 Å². The summed E-state index contributed by atoms with van der Waals surface area (Å²) in [6.45, 7) is 3.62. The van der Waals surface area contributed by atoms with Gasteiger partial charge in [0.2, 0.25) is 0 Å². The van der Waals surface area contributed by atoms with Crippen LogP contribution in [0.25, 0.3) is 11.2 Å². The molecular weight excluding hydrogens is 584 g/mol. The maximum atomic E-state index is 12.3. The molecule has 0 saturated carbocycles. The number of benzene rings is 1. The average Bonchev–Trinajstić information content (AvgIpc) is 3.41. The predicted molar refractivity (Wildman–Crippen MR) is 142 cm³/mol. The van der Waals surface area contributed by atoms with Crippen molar-refractivity contribution in [1.82, 2.24) is 19.5 Å². The number of anilines is 1. The second kappa shape index (κ2) is 12.3. The topological polar surface area (TPSA) is 222 Å². The maximum Gasteiger partial charge on any atom is 0.340 e. The number of aromatic nitrogens is 4. The summed E-state index contributed by atoms with van der Waals surface area (Å²) < 4.78 is 46.7. The van der Waals surface area contributed by atoms with Gasteiger partial charge in [-0.1, -0.05) is 30.3 Å². The molecule has 1 saturated heterocycles. The van der Waals surface area contributed by atoms with Crippen molar-refractivity contribution in [2.75, 3.05) is 17.8 Å². The monoisotopic (exact) mass is 613 g/mol. The summed E-state index contributed by atoms with van der Waals surface area (Å²) in [7, 11) is -9.68. The van der Waals surface area contributed by atoms with Crippen LogP contribution in [0.2, 0.25) is 0 Å². The Labute approximate surface area is 233 Å². The standard InChI is InChI=1S/C23H29N5O11P2/c1-13-26-21(24-9-16-7-5-4-6-8-16)18-22(27-13)28(11-25-18)23-20(38-15(3)30)19(37-14(2)29)17(39-23)10-36-41(34,35)12-40(31,32)33/h4-8,11,17,19-20,23H,9-10,12H2,1-3H3,(H,34,35)(H,24,26,27)(H2,31,32,33)/t17-,19-,20-,23-/m1/s1. The lowest BCUT2D eigenvalue weighted by Gasteiger charge is -2.24. The second-order valence-corrected chi connectivity index (χ2v) is 13.2. The van der Waals surface area contributed by atoms with Gasteiger partial charge in [-0.3, -0.25) is 23.3 Å². The number of carbonyl (C=O) groups is 2. The number of esters is 2. The first kappa shape index (κ1) is 30.7. The van der Waals surface area contributed by atoms with Crippen molar-refractivity contribution < 1.29 is 52.1 Å². The number of nitrogens with zero attached hydrogens (tertiary/aromatic N) is 4. The first-order valence-electron chi connectivity index (χ1n) is 12.2. The first-order valence-corrected chi connectivity index (χ1v) is 15.8. The molecule has 1 unspecified atom stereocenters. The molecule has 41 heavy (non-hydrogen) atoms. The fourth-order valence-corrected chi connectivity index (χ4v) is 6.87. The third-order valence-corrected chi connectivity index (χ3v) is 9.26. The van der Waals surface area contributed by atoms with Gasteiger partial charge in [0.15, 0.2) is 41.3 Å². The number of hydrogen-bond acceptors (Lipinski definition) is 12. The van der Waals surface area contributed by atoms with Crippen molar-refractivity contribution in [3.05, 3.63) is 48.0 Å². The summed E-state index contributed by atoms with van der Waals surface area (Å²) in [5.74, 6) is -2.14. The van der Waals surface area contributed by atoms with E-state index in [1.807, 2.05) is 30.3 Å². The highest BCUT2D eigenvalue weighted by atomic mass is 31.2. The van der Waals surface area contributed by atoms with E-state index >= 15 is 0 Å². The molecule has 1 aliphatic rings. The van der Waals surface area contributed by atoms with Gasteiger partial charge in [0, 0.05) is 20.4 Å². The van der Waals surface area contributed by atoms with Crippen molar-refractivity contribution in [3.63, 3.8) is 0 Å². The Kier molecular flexibility index (Phi) is 9.24. The van der Waals surface area contributed by atoms with Gasteiger partial charge >= 0.3 is 27.1 Å². The maximum absolute atomic E-state index is 12.3. The summed E-state index contributed by atoms with van der Waals surface area (Å²) in [5.41, 5.74) is 1.65. The number of imidazole rings is 1. The molecule has 5 atom stereocenters. The van der Waals surface area contributed by atoms with Crippen LogP contribution >= 0.6 is 15.2 Å². The molecule has 1 aromatic carbocycles. The fourth-order valence-electron chi connectivity index (χ4n) is 4.30. The van der Waals surface area contributed by atoms with Gasteiger partial charge in [0.25, 0.3) is 0 Å². The number of fused-ring (bicyclic) bond motifs is 1. The van der Waals surface area contributed by atoms with Gasteiger partial charge in [0.05, 0.1) is 12.9 Å². The number of aryl methyl sites for hydroxylation is 1. The number of ether oxygens (including phenoxy) is 3. The van der Waals surface area contributed by atoms with Gasteiger partial charge in [-0.05, 0) is 12.5 Å². The number of carbonyl (C=O) groups excluding carboxylic acids is 2. The molecule has 4 N–H and O–H groups in total. The van der Waals surface area contributed by atoms with E-state index < -0.39 is 64.2 Å². The molecule has 4 rings (SSSR count). The molecule has 0 amide bonds. The minimum Gasteiger partial charge on any atom is -0.456 e. The van der Waals surface area contributed by atoms with Crippen LogP contribution in [-0.2, 0) is 44.0 Å². The largest absolute Gasteiger partial charge is 0.456 e. The molecule has 222 valence electrons. The summed E-state index contributed by atoms with van der Waals surface area (Å²) in [6.07, 6.45) is -3.72. The van der Waals surface area contributed by atoms with Crippen LogP contribution in [0.15, 0.2) is 36.7 Å². The number of nitrogens with one attached hydrogen (secondary N) is 1. The lowest BCUT2D eigenvalue weighted by atomic mass is 10.1. The summed E-state index contributed by atoms with van der Waals surface area (Å²) in [6, 6.07) is 9.59. The highest BCUT2D eigenvalue weighted by Gasteiger charge is 2.51. The van der Waals surface area contributed by atoms with Gasteiger partial charge in [-0.25, -0.2) is 15.0 Å². The zero-order chi connectivity index (χ0) is 29.9.